The first kappa shape index (κ1) is 10.7. The minimum Gasteiger partial charge on any atom is -0.478 e. The molecule has 14 heavy (non-hydrogen) atoms. The van der Waals surface area contributed by atoms with Crippen molar-refractivity contribution in [2.45, 2.75) is 12.5 Å². The molecule has 0 radical (unpaired) electrons. The van der Waals surface area contributed by atoms with Gasteiger partial charge in [-0.15, -0.1) is 0 Å². The van der Waals surface area contributed by atoms with Crippen molar-refractivity contribution in [2.75, 3.05) is 6.54 Å². The maximum atomic E-state index is 10.6. The fraction of sp³-hybridized carbons (Fsp3) is 0.300. The van der Waals surface area contributed by atoms with Gasteiger partial charge in [0.1, 0.15) is 0 Å². The van der Waals surface area contributed by atoms with Crippen LogP contribution in [0.2, 0.25) is 0 Å². The molecule has 0 aliphatic rings. The van der Waals surface area contributed by atoms with E-state index in [9.17, 15) is 4.79 Å². The first-order valence-electron chi connectivity index (χ1n) is 4.44. The molecule has 1 aromatic carbocycles. The van der Waals surface area contributed by atoms with Gasteiger partial charge in [-0.1, -0.05) is 12.1 Å². The van der Waals surface area contributed by atoms with Crippen LogP contribution in [0.3, 0.4) is 0 Å². The molecule has 0 unspecified atom stereocenters. The number of carboxylic acids is 1. The summed E-state index contributed by atoms with van der Waals surface area (Å²) in [5, 5.41) is 8.67. The van der Waals surface area contributed by atoms with Crippen LogP contribution in [0.5, 0.6) is 0 Å². The minimum atomic E-state index is -0.927. The largest absolute Gasteiger partial charge is 0.478 e. The lowest BCUT2D eigenvalue weighted by atomic mass is 10.0. The molecule has 0 aliphatic heterocycles. The number of aromatic carboxylic acids is 1. The van der Waals surface area contributed by atoms with Gasteiger partial charge in [0.25, 0.3) is 0 Å². The molecule has 0 bridgehead atoms. The van der Waals surface area contributed by atoms with Crippen molar-refractivity contribution in [3.8, 4) is 0 Å². The molecule has 5 N–H and O–H groups in total. The van der Waals surface area contributed by atoms with Crippen LogP contribution in [0, 0.1) is 0 Å². The highest BCUT2D eigenvalue weighted by atomic mass is 16.4. The van der Waals surface area contributed by atoms with Crippen LogP contribution in [0.15, 0.2) is 24.3 Å². The van der Waals surface area contributed by atoms with Crippen molar-refractivity contribution in [1.82, 2.24) is 0 Å². The van der Waals surface area contributed by atoms with Gasteiger partial charge in [-0.2, -0.15) is 0 Å². The van der Waals surface area contributed by atoms with Crippen LogP contribution in [-0.4, -0.2) is 17.6 Å². The van der Waals surface area contributed by atoms with Gasteiger partial charge >= 0.3 is 5.97 Å². The van der Waals surface area contributed by atoms with Crippen molar-refractivity contribution < 1.29 is 9.90 Å². The second kappa shape index (κ2) is 4.74. The summed E-state index contributed by atoms with van der Waals surface area (Å²) >= 11 is 0. The van der Waals surface area contributed by atoms with Crippen LogP contribution in [0.25, 0.3) is 0 Å². The molecular weight excluding hydrogens is 180 g/mol. The third kappa shape index (κ3) is 2.55. The number of carboxylic acid groups (broad SMARTS) is 1. The first-order valence-corrected chi connectivity index (χ1v) is 4.44. The molecule has 0 fully saturated rings. The molecule has 0 saturated carbocycles. The Morgan fingerprint density at radius 1 is 1.36 bits per heavy atom. The van der Waals surface area contributed by atoms with Crippen molar-refractivity contribution in [3.05, 3.63) is 35.4 Å². The standard InChI is InChI=1S/C10H14N2O2/c11-6-5-9(12)7-1-3-8(4-2-7)10(13)14/h1-4,9H,5-6,11-12H2,(H,13,14)/t9-/m0/s1. The summed E-state index contributed by atoms with van der Waals surface area (Å²) in [6.45, 7) is 0.530. The molecule has 4 heteroatoms. The third-order valence-electron chi connectivity index (χ3n) is 2.06. The van der Waals surface area contributed by atoms with E-state index < -0.39 is 5.97 Å². The van der Waals surface area contributed by atoms with Crippen molar-refractivity contribution in [2.24, 2.45) is 11.5 Å². The van der Waals surface area contributed by atoms with Crippen LogP contribution in [0.4, 0.5) is 0 Å². The smallest absolute Gasteiger partial charge is 0.335 e. The fourth-order valence-corrected chi connectivity index (χ4v) is 1.22. The molecule has 0 amide bonds. The lowest BCUT2D eigenvalue weighted by Gasteiger charge is -2.10. The Hall–Kier alpha value is -1.39. The molecule has 76 valence electrons. The summed E-state index contributed by atoms with van der Waals surface area (Å²) in [6, 6.07) is 6.44. The van der Waals surface area contributed by atoms with Gasteiger partial charge in [-0.25, -0.2) is 4.79 Å². The highest BCUT2D eigenvalue weighted by molar-refractivity contribution is 5.87. The minimum absolute atomic E-state index is 0.108. The molecule has 1 atom stereocenters. The van der Waals surface area contributed by atoms with Gasteiger partial charge in [0.05, 0.1) is 5.56 Å². The molecule has 0 aliphatic carbocycles. The van der Waals surface area contributed by atoms with Gasteiger partial charge < -0.3 is 16.6 Å². The molecule has 1 rings (SSSR count). The van der Waals surface area contributed by atoms with Crippen LogP contribution < -0.4 is 11.5 Å². The maximum absolute atomic E-state index is 10.6. The highest BCUT2D eigenvalue weighted by Crippen LogP contribution is 2.13. The van der Waals surface area contributed by atoms with Gasteiger partial charge in [0.2, 0.25) is 0 Å². The van der Waals surface area contributed by atoms with Crippen LogP contribution in [-0.2, 0) is 0 Å². The third-order valence-corrected chi connectivity index (χ3v) is 2.06. The summed E-state index contributed by atoms with van der Waals surface area (Å²) < 4.78 is 0. The molecule has 0 heterocycles. The number of nitrogens with two attached hydrogens (primary N) is 2. The second-order valence-electron chi connectivity index (χ2n) is 3.11. The van der Waals surface area contributed by atoms with E-state index in [4.69, 9.17) is 16.6 Å². The predicted molar refractivity (Wildman–Crippen MR) is 54.0 cm³/mol. The number of hydrogen-bond donors (Lipinski definition) is 3. The number of hydrogen-bond acceptors (Lipinski definition) is 3. The number of rotatable bonds is 4. The average Bonchev–Trinajstić information content (AvgIpc) is 2.18. The van der Waals surface area contributed by atoms with E-state index in [0.29, 0.717) is 13.0 Å². The number of carbonyl (C=O) groups is 1. The van der Waals surface area contributed by atoms with Gasteiger partial charge in [-0.3, -0.25) is 0 Å². The zero-order valence-electron chi connectivity index (χ0n) is 7.81. The highest BCUT2D eigenvalue weighted by Gasteiger charge is 2.06. The molecule has 4 nitrogen and oxygen atoms in total. The summed E-state index contributed by atoms with van der Waals surface area (Å²) in [7, 11) is 0. The Morgan fingerprint density at radius 3 is 2.36 bits per heavy atom. The van der Waals surface area contributed by atoms with Crippen LogP contribution in [0.1, 0.15) is 28.4 Å². The van der Waals surface area contributed by atoms with E-state index >= 15 is 0 Å². The van der Waals surface area contributed by atoms with Gasteiger partial charge in [-0.05, 0) is 30.7 Å². The maximum Gasteiger partial charge on any atom is 0.335 e. The van der Waals surface area contributed by atoms with Crippen molar-refractivity contribution >= 4 is 5.97 Å². The van der Waals surface area contributed by atoms with E-state index in [1.54, 1.807) is 24.3 Å². The lowest BCUT2D eigenvalue weighted by molar-refractivity contribution is 0.0697. The van der Waals surface area contributed by atoms with Crippen LogP contribution >= 0.6 is 0 Å². The topological polar surface area (TPSA) is 89.3 Å². The summed E-state index contributed by atoms with van der Waals surface area (Å²) in [4.78, 5) is 10.6. The lowest BCUT2D eigenvalue weighted by Crippen LogP contribution is -2.15. The monoisotopic (exact) mass is 194 g/mol. The Balaban J connectivity index is 2.77. The zero-order chi connectivity index (χ0) is 10.6. The Bertz CT molecular complexity index is 308. The van der Waals surface area contributed by atoms with E-state index in [1.807, 2.05) is 0 Å². The molecular formula is C10H14N2O2. The Morgan fingerprint density at radius 2 is 1.93 bits per heavy atom. The predicted octanol–water partition coefficient (Wildman–Crippen LogP) is 0.733. The fourth-order valence-electron chi connectivity index (χ4n) is 1.22. The quantitative estimate of drug-likeness (QED) is 0.659. The second-order valence-corrected chi connectivity index (χ2v) is 3.11. The van der Waals surface area contributed by atoms with Gasteiger partial charge in [0.15, 0.2) is 0 Å². The summed E-state index contributed by atoms with van der Waals surface area (Å²) in [6.07, 6.45) is 0.701. The van der Waals surface area contributed by atoms with Crippen molar-refractivity contribution in [3.63, 3.8) is 0 Å². The van der Waals surface area contributed by atoms with E-state index in [2.05, 4.69) is 0 Å². The van der Waals surface area contributed by atoms with E-state index in [-0.39, 0.29) is 11.6 Å². The van der Waals surface area contributed by atoms with E-state index in [1.165, 1.54) is 0 Å². The van der Waals surface area contributed by atoms with Crippen molar-refractivity contribution in [1.29, 1.82) is 0 Å². The first-order chi connectivity index (χ1) is 6.65. The summed E-state index contributed by atoms with van der Waals surface area (Å²) in [5.41, 5.74) is 12.4. The number of benzene rings is 1. The van der Waals surface area contributed by atoms with E-state index in [0.717, 1.165) is 5.56 Å². The average molecular weight is 194 g/mol. The molecule has 0 aromatic heterocycles. The zero-order valence-corrected chi connectivity index (χ0v) is 7.81. The Labute approximate surface area is 82.5 Å². The normalized spacial score (nSPS) is 12.4. The Kier molecular flexibility index (Phi) is 3.62. The SMILES string of the molecule is NCC[C@H](N)c1ccc(C(=O)O)cc1. The molecule has 0 spiro atoms. The molecule has 1 aromatic rings. The molecule has 0 saturated heterocycles. The summed E-state index contributed by atoms with van der Waals surface area (Å²) in [5.74, 6) is -0.927. The van der Waals surface area contributed by atoms with Gasteiger partial charge in [0, 0.05) is 6.04 Å².